The molecule has 0 spiro atoms. The van der Waals surface area contributed by atoms with Crippen molar-refractivity contribution in [1.29, 1.82) is 0 Å². The Labute approximate surface area is 179 Å². The summed E-state index contributed by atoms with van der Waals surface area (Å²) in [5.74, 6) is 1.19. The summed E-state index contributed by atoms with van der Waals surface area (Å²) in [6.45, 7) is 9.46. The number of carbonyl (C=O) groups excluding carboxylic acids is 1. The van der Waals surface area contributed by atoms with E-state index < -0.39 is 0 Å². The second-order valence-electron chi connectivity index (χ2n) is 8.21. The smallest absolute Gasteiger partial charge is 0.280 e. The van der Waals surface area contributed by atoms with Crippen molar-refractivity contribution in [2.75, 3.05) is 69.3 Å². The van der Waals surface area contributed by atoms with Crippen molar-refractivity contribution in [3.63, 3.8) is 0 Å². The zero-order valence-electron chi connectivity index (χ0n) is 18.1. The van der Waals surface area contributed by atoms with Crippen molar-refractivity contribution in [3.8, 4) is 5.75 Å². The van der Waals surface area contributed by atoms with Crippen molar-refractivity contribution < 1.29 is 14.4 Å². The zero-order valence-corrected chi connectivity index (χ0v) is 18.1. The van der Waals surface area contributed by atoms with E-state index in [2.05, 4.69) is 58.0 Å². The second kappa shape index (κ2) is 9.39. The number of amides is 1. The van der Waals surface area contributed by atoms with Crippen LogP contribution in [-0.4, -0.2) is 76.3 Å². The summed E-state index contributed by atoms with van der Waals surface area (Å²) < 4.78 is 5.25. The minimum atomic E-state index is 0.0197. The molecule has 2 heterocycles. The molecule has 2 aliphatic heterocycles. The molecular formula is C24H33N4O2+. The summed E-state index contributed by atoms with van der Waals surface area (Å²) in [6, 6.07) is 18.8. The van der Waals surface area contributed by atoms with Crippen LogP contribution in [0.15, 0.2) is 54.6 Å². The van der Waals surface area contributed by atoms with E-state index in [9.17, 15) is 4.79 Å². The quantitative estimate of drug-likeness (QED) is 0.804. The van der Waals surface area contributed by atoms with Gasteiger partial charge in [0, 0.05) is 37.6 Å². The number of para-hydroxylation sites is 1. The van der Waals surface area contributed by atoms with Crippen molar-refractivity contribution in [2.24, 2.45) is 0 Å². The lowest BCUT2D eigenvalue weighted by Gasteiger charge is -2.40. The first kappa shape index (κ1) is 20.5. The average Bonchev–Trinajstić information content (AvgIpc) is 2.84. The topological polar surface area (TPSA) is 40.5 Å². The molecule has 1 amide bonds. The standard InChI is InChI=1S/C24H32N4O2/c1-20(24(29)28-18-16-26(17-19-28)21-6-4-3-5-7-21)25-12-14-27(15-13-25)22-8-10-23(30-2)11-9-22/h3-11,20H,12-19H2,1-2H3/p+1/t20-/m0/s1. The number of carbonyl (C=O) groups is 1. The maximum absolute atomic E-state index is 13.1. The van der Waals surface area contributed by atoms with Crippen LogP contribution in [0.25, 0.3) is 0 Å². The summed E-state index contributed by atoms with van der Waals surface area (Å²) in [6.07, 6.45) is 0. The molecule has 0 radical (unpaired) electrons. The number of ether oxygens (including phenoxy) is 1. The third kappa shape index (κ3) is 4.54. The number of hydrogen-bond donors (Lipinski definition) is 1. The number of anilines is 2. The van der Waals surface area contributed by atoms with Crippen molar-refractivity contribution in [2.45, 2.75) is 13.0 Å². The minimum Gasteiger partial charge on any atom is -0.497 e. The number of hydrogen-bond acceptors (Lipinski definition) is 4. The van der Waals surface area contributed by atoms with Gasteiger partial charge in [-0.05, 0) is 43.3 Å². The Morgan fingerprint density at radius 2 is 1.40 bits per heavy atom. The van der Waals surface area contributed by atoms with Gasteiger partial charge in [0.05, 0.1) is 33.3 Å². The monoisotopic (exact) mass is 409 g/mol. The van der Waals surface area contributed by atoms with E-state index in [1.54, 1.807) is 7.11 Å². The summed E-state index contributed by atoms with van der Waals surface area (Å²) in [4.78, 5) is 21.4. The summed E-state index contributed by atoms with van der Waals surface area (Å²) in [5, 5.41) is 0. The molecule has 160 valence electrons. The predicted octanol–water partition coefficient (Wildman–Crippen LogP) is 1.14. The predicted molar refractivity (Wildman–Crippen MR) is 121 cm³/mol. The van der Waals surface area contributed by atoms with E-state index >= 15 is 0 Å². The first-order valence-electron chi connectivity index (χ1n) is 11.0. The number of piperazine rings is 2. The third-order valence-electron chi connectivity index (χ3n) is 6.54. The van der Waals surface area contributed by atoms with Gasteiger partial charge in [-0.25, -0.2) is 0 Å². The fourth-order valence-corrected chi connectivity index (χ4v) is 4.55. The fourth-order valence-electron chi connectivity index (χ4n) is 4.55. The summed E-state index contributed by atoms with van der Waals surface area (Å²) >= 11 is 0. The number of nitrogens with zero attached hydrogens (tertiary/aromatic N) is 3. The number of nitrogens with one attached hydrogen (secondary N) is 1. The highest BCUT2D eigenvalue weighted by Crippen LogP contribution is 2.19. The molecule has 30 heavy (non-hydrogen) atoms. The SMILES string of the molecule is COc1ccc(N2CC[NH+]([C@@H](C)C(=O)N3CCN(c4ccccc4)CC3)CC2)cc1. The number of rotatable bonds is 5. The molecule has 1 N–H and O–H groups in total. The van der Waals surface area contributed by atoms with Crippen molar-refractivity contribution in [3.05, 3.63) is 54.6 Å². The van der Waals surface area contributed by atoms with E-state index in [-0.39, 0.29) is 6.04 Å². The van der Waals surface area contributed by atoms with Crippen LogP contribution in [0.4, 0.5) is 11.4 Å². The van der Waals surface area contributed by atoms with E-state index in [4.69, 9.17) is 4.74 Å². The highest BCUT2D eigenvalue weighted by molar-refractivity contribution is 5.80. The molecule has 2 saturated heterocycles. The van der Waals surface area contributed by atoms with Gasteiger partial charge in [0.1, 0.15) is 5.75 Å². The number of methoxy groups -OCH3 is 1. The molecule has 2 fully saturated rings. The van der Waals surface area contributed by atoms with Gasteiger partial charge in [-0.3, -0.25) is 4.79 Å². The largest absolute Gasteiger partial charge is 0.497 e. The third-order valence-corrected chi connectivity index (χ3v) is 6.54. The zero-order chi connectivity index (χ0) is 20.9. The van der Waals surface area contributed by atoms with Crippen molar-refractivity contribution in [1.82, 2.24) is 4.90 Å². The maximum atomic E-state index is 13.1. The first-order valence-corrected chi connectivity index (χ1v) is 11.0. The van der Waals surface area contributed by atoms with Gasteiger partial charge < -0.3 is 24.3 Å². The van der Waals surface area contributed by atoms with Crippen LogP contribution in [0, 0.1) is 0 Å². The van der Waals surface area contributed by atoms with Crippen LogP contribution in [0.1, 0.15) is 6.92 Å². The molecule has 0 bridgehead atoms. The van der Waals surface area contributed by atoms with E-state index in [1.807, 2.05) is 18.2 Å². The Hall–Kier alpha value is -2.73. The van der Waals surface area contributed by atoms with Crippen molar-refractivity contribution >= 4 is 17.3 Å². The molecule has 4 rings (SSSR count). The van der Waals surface area contributed by atoms with Crippen LogP contribution in [0.2, 0.25) is 0 Å². The molecule has 0 aromatic heterocycles. The number of benzene rings is 2. The van der Waals surface area contributed by atoms with Crippen LogP contribution in [0.5, 0.6) is 5.75 Å². The number of quaternary nitrogens is 1. The molecule has 2 aromatic carbocycles. The van der Waals surface area contributed by atoms with Gasteiger partial charge >= 0.3 is 0 Å². The average molecular weight is 410 g/mol. The second-order valence-corrected chi connectivity index (χ2v) is 8.21. The minimum absolute atomic E-state index is 0.0197. The Bertz CT molecular complexity index is 811. The molecule has 0 unspecified atom stereocenters. The molecular weight excluding hydrogens is 376 g/mol. The fraction of sp³-hybridized carbons (Fsp3) is 0.458. The van der Waals surface area contributed by atoms with Gasteiger partial charge in [-0.2, -0.15) is 0 Å². The Kier molecular flexibility index (Phi) is 6.43. The molecule has 2 aromatic rings. The molecule has 1 atom stereocenters. The summed E-state index contributed by atoms with van der Waals surface area (Å²) in [5.41, 5.74) is 2.48. The van der Waals surface area contributed by atoms with Gasteiger partial charge in [-0.1, -0.05) is 18.2 Å². The van der Waals surface area contributed by atoms with Gasteiger partial charge in [0.2, 0.25) is 0 Å². The molecule has 6 heteroatoms. The van der Waals surface area contributed by atoms with Crippen LogP contribution in [-0.2, 0) is 4.79 Å². The van der Waals surface area contributed by atoms with Crippen LogP contribution >= 0.6 is 0 Å². The van der Waals surface area contributed by atoms with Crippen LogP contribution in [0.3, 0.4) is 0 Å². The lowest BCUT2D eigenvalue weighted by Crippen LogP contribution is -3.19. The van der Waals surface area contributed by atoms with E-state index in [0.29, 0.717) is 5.91 Å². The Morgan fingerprint density at radius 3 is 2.00 bits per heavy atom. The molecule has 2 aliphatic rings. The van der Waals surface area contributed by atoms with Gasteiger partial charge in [-0.15, -0.1) is 0 Å². The van der Waals surface area contributed by atoms with Gasteiger partial charge in [0.15, 0.2) is 6.04 Å². The first-order chi connectivity index (χ1) is 14.7. The maximum Gasteiger partial charge on any atom is 0.280 e. The highest BCUT2D eigenvalue weighted by atomic mass is 16.5. The Balaban J connectivity index is 1.26. The molecule has 0 saturated carbocycles. The van der Waals surface area contributed by atoms with E-state index in [0.717, 1.165) is 58.1 Å². The van der Waals surface area contributed by atoms with Gasteiger partial charge in [0.25, 0.3) is 5.91 Å². The molecule has 6 nitrogen and oxygen atoms in total. The lowest BCUT2D eigenvalue weighted by molar-refractivity contribution is -0.915. The van der Waals surface area contributed by atoms with E-state index in [1.165, 1.54) is 16.3 Å². The lowest BCUT2D eigenvalue weighted by atomic mass is 10.1. The molecule has 0 aliphatic carbocycles. The summed E-state index contributed by atoms with van der Waals surface area (Å²) in [7, 11) is 1.69. The Morgan fingerprint density at radius 1 is 0.833 bits per heavy atom. The van der Waals surface area contributed by atoms with Crippen LogP contribution < -0.4 is 19.4 Å². The normalized spacial score (nSPS) is 18.9. The highest BCUT2D eigenvalue weighted by Gasteiger charge is 2.33.